The van der Waals surface area contributed by atoms with Crippen molar-refractivity contribution in [2.75, 3.05) is 7.11 Å². The first-order chi connectivity index (χ1) is 7.84. The van der Waals surface area contributed by atoms with Gasteiger partial charge in [0.25, 0.3) is 0 Å². The lowest BCUT2D eigenvalue weighted by Gasteiger charge is -2.12. The van der Waals surface area contributed by atoms with Crippen LogP contribution in [0.2, 0.25) is 0 Å². The van der Waals surface area contributed by atoms with Gasteiger partial charge < -0.3 is 4.74 Å². The minimum Gasteiger partial charge on any atom is -0.469 e. The van der Waals surface area contributed by atoms with Gasteiger partial charge in [-0.3, -0.25) is 4.79 Å². The number of halogens is 4. The molecule has 1 aromatic carbocycles. The zero-order valence-electron chi connectivity index (χ0n) is 8.97. The van der Waals surface area contributed by atoms with Crippen molar-refractivity contribution in [2.45, 2.75) is 19.0 Å². The Morgan fingerprint density at radius 1 is 1.35 bits per heavy atom. The van der Waals surface area contributed by atoms with Crippen LogP contribution in [0.4, 0.5) is 17.6 Å². The molecule has 17 heavy (non-hydrogen) atoms. The Bertz CT molecular complexity index is 412. The third-order valence-corrected chi connectivity index (χ3v) is 2.20. The van der Waals surface area contributed by atoms with E-state index >= 15 is 0 Å². The Morgan fingerprint density at radius 3 is 2.53 bits per heavy atom. The molecule has 0 heterocycles. The first-order valence-corrected chi connectivity index (χ1v) is 4.77. The highest BCUT2D eigenvalue weighted by molar-refractivity contribution is 5.69. The predicted molar refractivity (Wildman–Crippen MR) is 51.7 cm³/mol. The van der Waals surface area contributed by atoms with E-state index in [9.17, 15) is 22.4 Å². The van der Waals surface area contributed by atoms with Crippen LogP contribution in [0.15, 0.2) is 18.2 Å². The van der Waals surface area contributed by atoms with Gasteiger partial charge >= 0.3 is 12.1 Å². The molecule has 0 saturated carbocycles. The van der Waals surface area contributed by atoms with Gasteiger partial charge in [0.05, 0.1) is 12.7 Å². The highest BCUT2D eigenvalue weighted by Gasteiger charge is 2.33. The monoisotopic (exact) mass is 250 g/mol. The van der Waals surface area contributed by atoms with Crippen LogP contribution in [-0.2, 0) is 22.1 Å². The molecule has 0 bridgehead atoms. The molecule has 0 atom stereocenters. The molecule has 0 saturated heterocycles. The maximum Gasteiger partial charge on any atom is 0.416 e. The average Bonchev–Trinajstić information content (AvgIpc) is 2.25. The van der Waals surface area contributed by atoms with E-state index in [1.54, 1.807) is 0 Å². The number of hydrogen-bond acceptors (Lipinski definition) is 2. The fourth-order valence-electron chi connectivity index (χ4n) is 1.37. The van der Waals surface area contributed by atoms with Gasteiger partial charge in [-0.25, -0.2) is 4.39 Å². The average molecular weight is 250 g/mol. The van der Waals surface area contributed by atoms with Gasteiger partial charge in [-0.2, -0.15) is 13.2 Å². The minimum atomic E-state index is -4.63. The van der Waals surface area contributed by atoms with Crippen molar-refractivity contribution in [3.63, 3.8) is 0 Å². The number of esters is 1. The van der Waals surface area contributed by atoms with Crippen LogP contribution < -0.4 is 0 Å². The van der Waals surface area contributed by atoms with Gasteiger partial charge in [-0.1, -0.05) is 6.07 Å². The lowest BCUT2D eigenvalue weighted by atomic mass is 10.0. The molecule has 0 amide bonds. The number of methoxy groups -OCH3 is 1. The number of hydrogen-bond donors (Lipinski definition) is 0. The third kappa shape index (κ3) is 3.72. The van der Waals surface area contributed by atoms with Crippen LogP contribution in [0.25, 0.3) is 0 Å². The molecule has 0 aliphatic rings. The summed E-state index contributed by atoms with van der Waals surface area (Å²) in [5.74, 6) is -1.57. The molecule has 0 spiro atoms. The molecule has 94 valence electrons. The minimum absolute atomic E-state index is 0.121. The Morgan fingerprint density at radius 2 is 2.00 bits per heavy atom. The fourth-order valence-corrected chi connectivity index (χ4v) is 1.37. The lowest BCUT2D eigenvalue weighted by Crippen LogP contribution is -2.11. The molecule has 0 aliphatic heterocycles. The standard InChI is InChI=1S/C11H10F4O2/c1-17-10(16)5-3-7-2-4-8(12)6-9(7)11(13,14)15/h2,4,6H,3,5H2,1H3. The summed E-state index contributed by atoms with van der Waals surface area (Å²) in [6, 6.07) is 2.38. The van der Waals surface area contributed by atoms with E-state index < -0.39 is 23.5 Å². The number of rotatable bonds is 3. The largest absolute Gasteiger partial charge is 0.469 e. The Labute approximate surface area is 95.2 Å². The third-order valence-electron chi connectivity index (χ3n) is 2.20. The summed E-state index contributed by atoms with van der Waals surface area (Å²) >= 11 is 0. The molecule has 0 radical (unpaired) electrons. The summed E-state index contributed by atoms with van der Waals surface area (Å²) in [5.41, 5.74) is -1.18. The normalized spacial score (nSPS) is 11.4. The first kappa shape index (κ1) is 13.5. The lowest BCUT2D eigenvalue weighted by molar-refractivity contribution is -0.142. The number of carbonyl (C=O) groups is 1. The van der Waals surface area contributed by atoms with Crippen LogP contribution >= 0.6 is 0 Å². The van der Waals surface area contributed by atoms with Gasteiger partial charge in [0.15, 0.2) is 0 Å². The molecule has 0 unspecified atom stereocenters. The summed E-state index contributed by atoms with van der Waals surface area (Å²) in [6.45, 7) is 0. The van der Waals surface area contributed by atoms with E-state index in [4.69, 9.17) is 0 Å². The van der Waals surface area contributed by atoms with Crippen LogP contribution in [-0.4, -0.2) is 13.1 Å². The number of ether oxygens (including phenoxy) is 1. The summed E-state index contributed by atoms with van der Waals surface area (Å²) in [5, 5.41) is 0. The molecule has 0 N–H and O–H groups in total. The van der Waals surface area contributed by atoms with Gasteiger partial charge in [0, 0.05) is 6.42 Å². The molecule has 6 heteroatoms. The van der Waals surface area contributed by atoms with Crippen molar-refractivity contribution in [2.24, 2.45) is 0 Å². The second kappa shape index (κ2) is 5.16. The fraction of sp³-hybridized carbons (Fsp3) is 0.364. The maximum absolute atomic E-state index is 12.8. The second-order valence-electron chi connectivity index (χ2n) is 3.38. The molecule has 0 aromatic heterocycles. The van der Waals surface area contributed by atoms with Crippen molar-refractivity contribution in [3.05, 3.63) is 35.1 Å². The summed E-state index contributed by atoms with van der Waals surface area (Å²) in [7, 11) is 1.15. The zero-order chi connectivity index (χ0) is 13.1. The van der Waals surface area contributed by atoms with Crippen molar-refractivity contribution in [1.82, 2.24) is 0 Å². The van der Waals surface area contributed by atoms with E-state index in [0.29, 0.717) is 6.07 Å². The van der Waals surface area contributed by atoms with Crippen molar-refractivity contribution in [3.8, 4) is 0 Å². The highest BCUT2D eigenvalue weighted by atomic mass is 19.4. The van der Waals surface area contributed by atoms with Crippen molar-refractivity contribution in [1.29, 1.82) is 0 Å². The van der Waals surface area contributed by atoms with Crippen LogP contribution in [0, 0.1) is 5.82 Å². The SMILES string of the molecule is COC(=O)CCc1ccc(F)cc1C(F)(F)F. The molecule has 0 fully saturated rings. The second-order valence-corrected chi connectivity index (χ2v) is 3.38. The van der Waals surface area contributed by atoms with Crippen LogP contribution in [0.3, 0.4) is 0 Å². The Hall–Kier alpha value is -1.59. The predicted octanol–water partition coefficient (Wildman–Crippen LogP) is 2.95. The van der Waals surface area contributed by atoms with Crippen molar-refractivity contribution < 1.29 is 27.1 Å². The Balaban J connectivity index is 2.95. The number of alkyl halides is 3. The number of carbonyl (C=O) groups excluding carboxylic acids is 1. The smallest absolute Gasteiger partial charge is 0.416 e. The van der Waals surface area contributed by atoms with E-state index in [0.717, 1.165) is 19.2 Å². The van der Waals surface area contributed by atoms with Gasteiger partial charge in [0.1, 0.15) is 5.82 Å². The number of aryl methyl sites for hydroxylation is 1. The van der Waals surface area contributed by atoms with Gasteiger partial charge in [-0.15, -0.1) is 0 Å². The van der Waals surface area contributed by atoms with Crippen molar-refractivity contribution >= 4 is 5.97 Å². The number of benzene rings is 1. The first-order valence-electron chi connectivity index (χ1n) is 4.77. The summed E-state index contributed by atoms with van der Waals surface area (Å²) < 4.78 is 54.7. The summed E-state index contributed by atoms with van der Waals surface area (Å²) in [4.78, 5) is 10.8. The van der Waals surface area contributed by atoms with E-state index in [1.807, 2.05) is 0 Å². The van der Waals surface area contributed by atoms with Gasteiger partial charge in [0.2, 0.25) is 0 Å². The molecule has 2 nitrogen and oxygen atoms in total. The van der Waals surface area contributed by atoms with Gasteiger partial charge in [-0.05, 0) is 24.1 Å². The van der Waals surface area contributed by atoms with Crippen LogP contribution in [0.1, 0.15) is 17.5 Å². The molecule has 1 aromatic rings. The maximum atomic E-state index is 12.8. The molecule has 1 rings (SSSR count). The molecular formula is C11H10F4O2. The quantitative estimate of drug-likeness (QED) is 0.609. The Kier molecular flexibility index (Phi) is 4.09. The molecular weight excluding hydrogens is 240 g/mol. The highest BCUT2D eigenvalue weighted by Crippen LogP contribution is 2.33. The summed E-state index contributed by atoms with van der Waals surface area (Å²) in [6.07, 6.45) is -4.94. The zero-order valence-corrected chi connectivity index (χ0v) is 8.97. The molecule has 0 aliphatic carbocycles. The topological polar surface area (TPSA) is 26.3 Å². The van der Waals surface area contributed by atoms with Crippen LogP contribution in [0.5, 0.6) is 0 Å². The van der Waals surface area contributed by atoms with E-state index in [-0.39, 0.29) is 18.4 Å². The van der Waals surface area contributed by atoms with E-state index in [1.165, 1.54) is 0 Å². The van der Waals surface area contributed by atoms with E-state index in [2.05, 4.69) is 4.74 Å².